The average Bonchev–Trinajstić information content (AvgIpc) is 3.47. The zero-order valence-corrected chi connectivity index (χ0v) is 19.1. The highest BCUT2D eigenvalue weighted by molar-refractivity contribution is 7.89. The second kappa shape index (κ2) is 9.54. The van der Waals surface area contributed by atoms with Crippen molar-refractivity contribution in [2.75, 3.05) is 11.4 Å². The van der Waals surface area contributed by atoms with Crippen molar-refractivity contribution in [2.45, 2.75) is 23.8 Å². The van der Waals surface area contributed by atoms with Crippen LogP contribution in [-0.2, 0) is 26.0 Å². The maximum atomic E-state index is 13.3. The van der Waals surface area contributed by atoms with Gasteiger partial charge in [-0.2, -0.15) is 5.26 Å². The van der Waals surface area contributed by atoms with Crippen molar-refractivity contribution >= 4 is 33.4 Å². The molecule has 1 aliphatic heterocycles. The lowest BCUT2D eigenvalue weighted by Crippen LogP contribution is -2.46. The predicted octanol–water partition coefficient (Wildman–Crippen LogP) is 1.82. The van der Waals surface area contributed by atoms with Crippen LogP contribution in [0.4, 0.5) is 5.69 Å². The fraction of sp³-hybridized carbons (Fsp3) is 0.167. The van der Waals surface area contributed by atoms with Crippen LogP contribution in [0.3, 0.4) is 0 Å². The zero-order valence-electron chi connectivity index (χ0n) is 18.3. The Morgan fingerprint density at radius 2 is 1.80 bits per heavy atom. The third-order valence-electron chi connectivity index (χ3n) is 5.64. The number of carbonyl (C=O) groups is 3. The van der Waals surface area contributed by atoms with Gasteiger partial charge in [0.1, 0.15) is 6.04 Å². The Balaban J connectivity index is 1.59. The summed E-state index contributed by atoms with van der Waals surface area (Å²) in [7, 11) is -3.84. The molecule has 0 bridgehead atoms. The van der Waals surface area contributed by atoms with E-state index < -0.39 is 33.8 Å². The fourth-order valence-electron chi connectivity index (χ4n) is 3.85. The van der Waals surface area contributed by atoms with Crippen LogP contribution in [-0.4, -0.2) is 43.6 Å². The molecule has 0 spiro atoms. The van der Waals surface area contributed by atoms with Crippen LogP contribution in [0.15, 0.2) is 76.2 Å². The zero-order chi connectivity index (χ0) is 25.2. The Morgan fingerprint density at radius 3 is 2.37 bits per heavy atom. The minimum Gasteiger partial charge on any atom is -0.459 e. The highest BCUT2D eigenvalue weighted by atomic mass is 32.2. The standard InChI is InChI=1S/C24H20N4O6S/c25-15-17-3-7-18(8-4-17)28-22(29)14-20(23(28)30)27(24(31)21-2-1-13-34-21)12-11-16-5-9-19(10-6-16)35(26,32)33/h1-10,13,20H,11-12,14H2,(H2,26,32,33). The van der Waals surface area contributed by atoms with E-state index in [-0.39, 0.29) is 30.0 Å². The first-order valence-electron chi connectivity index (χ1n) is 10.5. The number of sulfonamides is 1. The number of rotatable bonds is 7. The first-order valence-corrected chi connectivity index (χ1v) is 12.1. The van der Waals surface area contributed by atoms with Crippen molar-refractivity contribution in [1.82, 2.24) is 4.90 Å². The maximum Gasteiger partial charge on any atom is 0.290 e. The number of benzene rings is 2. The second-order valence-corrected chi connectivity index (χ2v) is 9.42. The van der Waals surface area contributed by atoms with Crippen molar-refractivity contribution in [3.8, 4) is 6.07 Å². The van der Waals surface area contributed by atoms with Gasteiger partial charge in [0.05, 0.1) is 34.9 Å². The lowest BCUT2D eigenvalue weighted by Gasteiger charge is -2.27. The van der Waals surface area contributed by atoms with E-state index in [1.54, 1.807) is 18.2 Å². The molecule has 1 fully saturated rings. The minimum atomic E-state index is -3.84. The van der Waals surface area contributed by atoms with Crippen LogP contribution in [0.1, 0.15) is 28.1 Å². The number of anilines is 1. The van der Waals surface area contributed by atoms with Crippen LogP contribution in [0.25, 0.3) is 0 Å². The molecule has 1 aliphatic rings. The van der Waals surface area contributed by atoms with Gasteiger partial charge in [-0.25, -0.2) is 18.5 Å². The van der Waals surface area contributed by atoms with E-state index in [1.807, 2.05) is 6.07 Å². The summed E-state index contributed by atoms with van der Waals surface area (Å²) in [6, 6.07) is 15.8. The molecule has 2 heterocycles. The van der Waals surface area contributed by atoms with Gasteiger partial charge >= 0.3 is 0 Å². The van der Waals surface area contributed by atoms with E-state index in [9.17, 15) is 22.8 Å². The largest absolute Gasteiger partial charge is 0.459 e. The monoisotopic (exact) mass is 492 g/mol. The van der Waals surface area contributed by atoms with Crippen molar-refractivity contribution < 1.29 is 27.2 Å². The molecule has 0 radical (unpaired) electrons. The summed E-state index contributed by atoms with van der Waals surface area (Å²) >= 11 is 0. The molecular formula is C24H20N4O6S. The molecule has 1 unspecified atom stereocenters. The van der Waals surface area contributed by atoms with E-state index in [0.29, 0.717) is 16.8 Å². The lowest BCUT2D eigenvalue weighted by atomic mass is 10.1. The van der Waals surface area contributed by atoms with Gasteiger partial charge in [0.2, 0.25) is 15.9 Å². The third-order valence-corrected chi connectivity index (χ3v) is 6.57. The number of nitrogens with zero attached hydrogens (tertiary/aromatic N) is 3. The molecule has 3 amide bonds. The predicted molar refractivity (Wildman–Crippen MR) is 123 cm³/mol. The SMILES string of the molecule is N#Cc1ccc(N2C(=O)CC(N(CCc3ccc(S(N)(=O)=O)cc3)C(=O)c3ccco3)C2=O)cc1. The first kappa shape index (κ1) is 23.9. The second-order valence-electron chi connectivity index (χ2n) is 7.86. The number of nitrogens with two attached hydrogens (primary N) is 1. The molecule has 1 aromatic heterocycles. The van der Waals surface area contributed by atoms with Gasteiger partial charge in [-0.3, -0.25) is 14.4 Å². The Labute approximate surface area is 201 Å². The smallest absolute Gasteiger partial charge is 0.290 e. The Hall–Kier alpha value is -4.27. The molecule has 1 saturated heterocycles. The molecule has 4 rings (SSSR count). The number of hydrogen-bond donors (Lipinski definition) is 1. The molecule has 35 heavy (non-hydrogen) atoms. The van der Waals surface area contributed by atoms with Gasteiger partial charge in [0, 0.05) is 6.54 Å². The van der Waals surface area contributed by atoms with E-state index in [1.165, 1.54) is 53.6 Å². The number of carbonyl (C=O) groups excluding carboxylic acids is 3. The summed E-state index contributed by atoms with van der Waals surface area (Å²) in [5.41, 5.74) is 1.40. The maximum absolute atomic E-state index is 13.3. The van der Waals surface area contributed by atoms with E-state index in [0.717, 1.165) is 4.90 Å². The van der Waals surface area contributed by atoms with Gasteiger partial charge in [0.15, 0.2) is 5.76 Å². The molecule has 2 aromatic carbocycles. The van der Waals surface area contributed by atoms with Crippen molar-refractivity contribution in [3.05, 3.63) is 83.8 Å². The number of hydrogen-bond acceptors (Lipinski definition) is 7. The topological polar surface area (TPSA) is 155 Å². The molecule has 0 aliphatic carbocycles. The van der Waals surface area contributed by atoms with Crippen LogP contribution in [0.2, 0.25) is 0 Å². The first-order chi connectivity index (χ1) is 16.7. The van der Waals surface area contributed by atoms with Gasteiger partial charge in [-0.1, -0.05) is 12.1 Å². The number of furan rings is 1. The molecule has 178 valence electrons. The summed E-state index contributed by atoms with van der Waals surface area (Å²) in [5.74, 6) is -1.57. The van der Waals surface area contributed by atoms with Crippen LogP contribution < -0.4 is 10.0 Å². The summed E-state index contributed by atoms with van der Waals surface area (Å²) in [6.45, 7) is 0.0686. The normalized spacial score (nSPS) is 15.8. The Morgan fingerprint density at radius 1 is 1.11 bits per heavy atom. The Bertz CT molecular complexity index is 1410. The molecule has 11 heteroatoms. The van der Waals surface area contributed by atoms with Crippen molar-refractivity contribution in [2.24, 2.45) is 5.14 Å². The van der Waals surface area contributed by atoms with Crippen LogP contribution in [0.5, 0.6) is 0 Å². The van der Waals surface area contributed by atoms with E-state index >= 15 is 0 Å². The van der Waals surface area contributed by atoms with Crippen molar-refractivity contribution in [3.63, 3.8) is 0 Å². The number of nitriles is 1. The van der Waals surface area contributed by atoms with Gasteiger partial charge < -0.3 is 9.32 Å². The minimum absolute atomic E-state index is 0.0200. The summed E-state index contributed by atoms with van der Waals surface area (Å²) in [4.78, 5) is 41.5. The van der Waals surface area contributed by atoms with Crippen molar-refractivity contribution in [1.29, 1.82) is 5.26 Å². The van der Waals surface area contributed by atoms with E-state index in [4.69, 9.17) is 14.8 Å². The average molecular weight is 493 g/mol. The number of primary sulfonamides is 1. The molecule has 1 atom stereocenters. The fourth-order valence-corrected chi connectivity index (χ4v) is 4.37. The summed E-state index contributed by atoms with van der Waals surface area (Å²) < 4.78 is 28.2. The van der Waals surface area contributed by atoms with Crippen LogP contribution in [0, 0.1) is 11.3 Å². The van der Waals surface area contributed by atoms with Gasteiger partial charge in [-0.05, 0) is 60.5 Å². The lowest BCUT2D eigenvalue weighted by molar-refractivity contribution is -0.122. The highest BCUT2D eigenvalue weighted by Crippen LogP contribution is 2.27. The summed E-state index contributed by atoms with van der Waals surface area (Å²) in [5, 5.41) is 14.1. The summed E-state index contributed by atoms with van der Waals surface area (Å²) in [6.07, 6.45) is 1.41. The molecule has 10 nitrogen and oxygen atoms in total. The van der Waals surface area contributed by atoms with Crippen LogP contribution >= 0.6 is 0 Å². The Kier molecular flexibility index (Phi) is 6.50. The molecule has 0 saturated carbocycles. The van der Waals surface area contributed by atoms with Gasteiger partial charge in [-0.15, -0.1) is 0 Å². The number of amides is 3. The number of imide groups is 1. The van der Waals surface area contributed by atoms with Gasteiger partial charge in [0.25, 0.3) is 11.8 Å². The quantitative estimate of drug-likeness (QED) is 0.493. The molecule has 2 N–H and O–H groups in total. The molecular weight excluding hydrogens is 472 g/mol. The third kappa shape index (κ3) is 4.98. The highest BCUT2D eigenvalue weighted by Gasteiger charge is 2.44. The molecule has 3 aromatic rings. The van der Waals surface area contributed by atoms with E-state index in [2.05, 4.69) is 0 Å².